The van der Waals surface area contributed by atoms with Gasteiger partial charge in [-0.15, -0.1) is 12.4 Å². The number of nitrogens with zero attached hydrogens (tertiary/aromatic N) is 2. The minimum Gasteiger partial charge on any atom is -0.497 e. The molecule has 0 atom stereocenters. The average molecular weight is 406 g/mol. The number of methoxy groups -OCH3 is 1. The van der Waals surface area contributed by atoms with E-state index in [1.54, 1.807) is 19.2 Å². The Labute approximate surface area is 162 Å². The van der Waals surface area contributed by atoms with Gasteiger partial charge in [-0.2, -0.15) is 4.31 Å². The molecule has 0 aromatic heterocycles. The molecule has 1 aromatic rings. The molecule has 0 saturated carbocycles. The van der Waals surface area contributed by atoms with Crippen molar-refractivity contribution >= 4 is 28.3 Å². The maximum Gasteiger partial charge on any atom is 0.224 e. The molecule has 1 aliphatic heterocycles. The molecular formula is C17H28ClN3O4S. The zero-order valence-corrected chi connectivity index (χ0v) is 16.9. The number of likely N-dealkylation sites (N-methyl/N-ethyl adjacent to an activating group) is 1. The summed E-state index contributed by atoms with van der Waals surface area (Å²) < 4.78 is 31.3. The molecule has 26 heavy (non-hydrogen) atoms. The largest absolute Gasteiger partial charge is 0.497 e. The van der Waals surface area contributed by atoms with E-state index in [-0.39, 0.29) is 37.0 Å². The van der Waals surface area contributed by atoms with E-state index in [1.807, 2.05) is 12.1 Å². The Morgan fingerprint density at radius 3 is 2.31 bits per heavy atom. The highest BCUT2D eigenvalue weighted by Gasteiger charge is 2.26. The van der Waals surface area contributed by atoms with E-state index in [1.165, 1.54) is 4.31 Å². The number of benzene rings is 1. The smallest absolute Gasteiger partial charge is 0.224 e. The SMILES string of the molecule is CCN1CCN(S(=O)(=O)CCNC(=O)Cc2ccc(OC)cc2)CC1.Cl. The molecule has 1 aromatic carbocycles. The molecule has 0 bridgehead atoms. The number of carbonyl (C=O) groups is 1. The number of amides is 1. The van der Waals surface area contributed by atoms with Crippen molar-refractivity contribution < 1.29 is 17.9 Å². The number of carbonyl (C=O) groups excluding carboxylic acids is 1. The van der Waals surface area contributed by atoms with E-state index in [0.29, 0.717) is 13.1 Å². The zero-order valence-electron chi connectivity index (χ0n) is 15.3. The lowest BCUT2D eigenvalue weighted by Gasteiger charge is -2.33. The normalized spacial score (nSPS) is 15.9. The van der Waals surface area contributed by atoms with E-state index < -0.39 is 10.0 Å². The molecular weight excluding hydrogens is 378 g/mol. The summed E-state index contributed by atoms with van der Waals surface area (Å²) in [5.41, 5.74) is 0.858. The van der Waals surface area contributed by atoms with Gasteiger partial charge in [-0.3, -0.25) is 4.79 Å². The fraction of sp³-hybridized carbons (Fsp3) is 0.588. The molecule has 0 radical (unpaired) electrons. The van der Waals surface area contributed by atoms with Gasteiger partial charge in [0.25, 0.3) is 0 Å². The third kappa shape index (κ3) is 6.75. The first kappa shape index (κ1) is 22.7. The molecule has 9 heteroatoms. The quantitative estimate of drug-likeness (QED) is 0.690. The summed E-state index contributed by atoms with van der Waals surface area (Å²) in [6.45, 7) is 5.72. The highest BCUT2D eigenvalue weighted by Crippen LogP contribution is 2.11. The van der Waals surface area contributed by atoms with Crippen molar-refractivity contribution in [3.05, 3.63) is 29.8 Å². The molecule has 1 heterocycles. The molecule has 2 rings (SSSR count). The van der Waals surface area contributed by atoms with Crippen LogP contribution in [0.2, 0.25) is 0 Å². The molecule has 148 valence electrons. The van der Waals surface area contributed by atoms with Gasteiger partial charge in [0.1, 0.15) is 5.75 Å². The monoisotopic (exact) mass is 405 g/mol. The second-order valence-corrected chi connectivity index (χ2v) is 8.11. The van der Waals surface area contributed by atoms with Gasteiger partial charge in [0, 0.05) is 32.7 Å². The predicted octanol–water partition coefficient (Wildman–Crippen LogP) is 0.743. The zero-order chi connectivity index (χ0) is 18.3. The summed E-state index contributed by atoms with van der Waals surface area (Å²) in [4.78, 5) is 14.2. The van der Waals surface area contributed by atoms with Crippen molar-refractivity contribution in [2.45, 2.75) is 13.3 Å². The number of halogens is 1. The number of hydrogen-bond donors (Lipinski definition) is 1. The lowest BCUT2D eigenvalue weighted by molar-refractivity contribution is -0.120. The van der Waals surface area contributed by atoms with Crippen molar-refractivity contribution in [2.75, 3.05) is 52.1 Å². The lowest BCUT2D eigenvalue weighted by Crippen LogP contribution is -2.49. The summed E-state index contributed by atoms with van der Waals surface area (Å²) in [6.07, 6.45) is 0.221. The molecule has 0 aliphatic carbocycles. The van der Waals surface area contributed by atoms with Crippen LogP contribution in [0.1, 0.15) is 12.5 Å². The summed E-state index contributed by atoms with van der Waals surface area (Å²) in [5.74, 6) is 0.489. The summed E-state index contributed by atoms with van der Waals surface area (Å²) in [7, 11) is -1.73. The molecule has 7 nitrogen and oxygen atoms in total. The number of rotatable bonds is 8. The van der Waals surface area contributed by atoms with Crippen LogP contribution in [0, 0.1) is 0 Å². The third-order valence-corrected chi connectivity index (χ3v) is 6.25. The van der Waals surface area contributed by atoms with Gasteiger partial charge in [0.2, 0.25) is 15.9 Å². The Balaban J connectivity index is 0.00000338. The van der Waals surface area contributed by atoms with Gasteiger partial charge < -0.3 is 15.0 Å². The van der Waals surface area contributed by atoms with E-state index in [2.05, 4.69) is 17.1 Å². The fourth-order valence-corrected chi connectivity index (χ4v) is 4.10. The number of hydrogen-bond acceptors (Lipinski definition) is 5. The molecule has 1 amide bonds. The van der Waals surface area contributed by atoms with Crippen LogP contribution >= 0.6 is 12.4 Å². The van der Waals surface area contributed by atoms with Crippen molar-refractivity contribution in [3.63, 3.8) is 0 Å². The fourth-order valence-electron chi connectivity index (χ4n) is 2.76. The predicted molar refractivity (Wildman–Crippen MR) is 104 cm³/mol. The van der Waals surface area contributed by atoms with E-state index in [9.17, 15) is 13.2 Å². The molecule has 1 fully saturated rings. The van der Waals surface area contributed by atoms with Gasteiger partial charge >= 0.3 is 0 Å². The first-order chi connectivity index (χ1) is 11.9. The lowest BCUT2D eigenvalue weighted by atomic mass is 10.1. The Morgan fingerprint density at radius 1 is 1.15 bits per heavy atom. The first-order valence-electron chi connectivity index (χ1n) is 8.54. The van der Waals surface area contributed by atoms with Gasteiger partial charge in [-0.1, -0.05) is 19.1 Å². The van der Waals surface area contributed by atoms with Gasteiger partial charge in [0.15, 0.2) is 0 Å². The van der Waals surface area contributed by atoms with Crippen LogP contribution in [0.3, 0.4) is 0 Å². The van der Waals surface area contributed by atoms with Crippen LogP contribution in [-0.4, -0.2) is 75.7 Å². The number of sulfonamides is 1. The molecule has 0 spiro atoms. The van der Waals surface area contributed by atoms with E-state index >= 15 is 0 Å². The number of piperazine rings is 1. The highest BCUT2D eigenvalue weighted by molar-refractivity contribution is 7.89. The summed E-state index contributed by atoms with van der Waals surface area (Å²) in [6, 6.07) is 7.23. The van der Waals surface area contributed by atoms with Gasteiger partial charge in [-0.25, -0.2) is 8.42 Å². The molecule has 0 unspecified atom stereocenters. The van der Waals surface area contributed by atoms with Crippen LogP contribution in [0.5, 0.6) is 5.75 Å². The summed E-state index contributed by atoms with van der Waals surface area (Å²) >= 11 is 0. The first-order valence-corrected chi connectivity index (χ1v) is 10.2. The van der Waals surface area contributed by atoms with Crippen molar-refractivity contribution in [1.82, 2.24) is 14.5 Å². The second-order valence-electron chi connectivity index (χ2n) is 6.02. The van der Waals surface area contributed by atoms with Gasteiger partial charge in [0.05, 0.1) is 19.3 Å². The topological polar surface area (TPSA) is 79.0 Å². The van der Waals surface area contributed by atoms with Gasteiger partial charge in [-0.05, 0) is 24.2 Å². The van der Waals surface area contributed by atoms with E-state index in [0.717, 1.165) is 30.9 Å². The van der Waals surface area contributed by atoms with E-state index in [4.69, 9.17) is 4.74 Å². The van der Waals surface area contributed by atoms with Crippen molar-refractivity contribution in [3.8, 4) is 5.75 Å². The standard InChI is InChI=1S/C17H27N3O4S.ClH/c1-3-19-9-11-20(12-10-19)25(22,23)13-8-18-17(21)14-15-4-6-16(24-2)7-5-15;/h4-7H,3,8-14H2,1-2H3,(H,18,21);1H. The third-order valence-electron chi connectivity index (χ3n) is 4.38. The maximum absolute atomic E-state index is 12.3. The van der Waals surface area contributed by atoms with Crippen LogP contribution in [-0.2, 0) is 21.2 Å². The number of nitrogens with one attached hydrogen (secondary N) is 1. The van der Waals surface area contributed by atoms with Crippen molar-refractivity contribution in [1.29, 1.82) is 0 Å². The Hall–Kier alpha value is -1.35. The van der Waals surface area contributed by atoms with Crippen LogP contribution in [0.4, 0.5) is 0 Å². The second kappa shape index (κ2) is 10.7. The maximum atomic E-state index is 12.3. The average Bonchev–Trinajstić information content (AvgIpc) is 2.62. The minimum absolute atomic E-state index is 0. The summed E-state index contributed by atoms with van der Waals surface area (Å²) in [5, 5.41) is 2.69. The van der Waals surface area contributed by atoms with Crippen LogP contribution in [0.25, 0.3) is 0 Å². The Kier molecular flexibility index (Phi) is 9.35. The molecule has 1 N–H and O–H groups in total. The van der Waals surface area contributed by atoms with Crippen molar-refractivity contribution in [2.24, 2.45) is 0 Å². The highest BCUT2D eigenvalue weighted by atomic mass is 35.5. The molecule has 1 aliphatic rings. The minimum atomic E-state index is -3.32. The Morgan fingerprint density at radius 2 is 1.77 bits per heavy atom. The molecule has 1 saturated heterocycles. The van der Waals surface area contributed by atoms with Crippen LogP contribution in [0.15, 0.2) is 24.3 Å². The number of ether oxygens (including phenoxy) is 1. The van der Waals surface area contributed by atoms with Crippen LogP contribution < -0.4 is 10.1 Å². The Bertz CT molecular complexity index is 659.